The van der Waals surface area contributed by atoms with E-state index >= 15 is 0 Å². The summed E-state index contributed by atoms with van der Waals surface area (Å²) in [5.41, 5.74) is 5.69. The largest absolute Gasteiger partial charge is 0.373 e. The zero-order chi connectivity index (χ0) is 8.32. The SMILES string of the molecule is CCOC1(CN)CCSC1C. The Morgan fingerprint density at radius 1 is 1.73 bits per heavy atom. The molecular weight excluding hydrogens is 158 g/mol. The van der Waals surface area contributed by atoms with Crippen LogP contribution in [0, 0.1) is 0 Å². The van der Waals surface area contributed by atoms with E-state index < -0.39 is 0 Å². The maximum Gasteiger partial charge on any atom is 0.0926 e. The van der Waals surface area contributed by atoms with Gasteiger partial charge in [0.1, 0.15) is 0 Å². The second-order valence-electron chi connectivity index (χ2n) is 2.96. The van der Waals surface area contributed by atoms with Gasteiger partial charge in [0.15, 0.2) is 0 Å². The highest BCUT2D eigenvalue weighted by molar-refractivity contribution is 8.00. The van der Waals surface area contributed by atoms with Crippen LogP contribution in [-0.2, 0) is 4.74 Å². The summed E-state index contributed by atoms with van der Waals surface area (Å²) in [5, 5.41) is 0.562. The highest BCUT2D eigenvalue weighted by Gasteiger charge is 2.40. The second kappa shape index (κ2) is 3.78. The number of nitrogens with two attached hydrogens (primary N) is 1. The van der Waals surface area contributed by atoms with Crippen LogP contribution in [0.1, 0.15) is 20.3 Å². The van der Waals surface area contributed by atoms with Crippen molar-refractivity contribution >= 4 is 11.8 Å². The van der Waals surface area contributed by atoms with Crippen molar-refractivity contribution in [2.45, 2.75) is 31.1 Å². The summed E-state index contributed by atoms with van der Waals surface area (Å²) in [6.45, 7) is 5.68. The van der Waals surface area contributed by atoms with Crippen molar-refractivity contribution in [2.75, 3.05) is 18.9 Å². The summed E-state index contributed by atoms with van der Waals surface area (Å²) in [6.07, 6.45) is 1.11. The molecule has 0 aromatic rings. The Bertz CT molecular complexity index is 131. The van der Waals surface area contributed by atoms with Crippen LogP contribution in [0.4, 0.5) is 0 Å². The topological polar surface area (TPSA) is 35.2 Å². The van der Waals surface area contributed by atoms with E-state index in [1.54, 1.807) is 0 Å². The van der Waals surface area contributed by atoms with Gasteiger partial charge >= 0.3 is 0 Å². The lowest BCUT2D eigenvalue weighted by Crippen LogP contribution is -2.45. The molecule has 1 heterocycles. The first-order valence-electron chi connectivity index (χ1n) is 4.21. The third kappa shape index (κ3) is 1.71. The summed E-state index contributed by atoms with van der Waals surface area (Å²) in [4.78, 5) is 0. The van der Waals surface area contributed by atoms with Crippen molar-refractivity contribution in [3.63, 3.8) is 0 Å². The Morgan fingerprint density at radius 3 is 2.82 bits per heavy atom. The summed E-state index contributed by atoms with van der Waals surface area (Å²) >= 11 is 1.96. The molecule has 0 spiro atoms. The van der Waals surface area contributed by atoms with Gasteiger partial charge in [0.2, 0.25) is 0 Å². The molecule has 3 heteroatoms. The minimum atomic E-state index is -0.0145. The maximum absolute atomic E-state index is 5.71. The predicted octanol–water partition coefficient (Wildman–Crippen LogP) is 1.25. The fraction of sp³-hybridized carbons (Fsp3) is 1.00. The number of ether oxygens (including phenoxy) is 1. The van der Waals surface area contributed by atoms with E-state index in [2.05, 4.69) is 6.92 Å². The lowest BCUT2D eigenvalue weighted by Gasteiger charge is -2.31. The number of rotatable bonds is 3. The Hall–Kier alpha value is 0.270. The standard InChI is InChI=1S/C8H17NOS/c1-3-10-8(6-9)4-5-11-7(8)2/h7H,3-6,9H2,1-2H3. The van der Waals surface area contributed by atoms with Crippen LogP contribution in [0.5, 0.6) is 0 Å². The van der Waals surface area contributed by atoms with Crippen molar-refractivity contribution in [3.05, 3.63) is 0 Å². The molecule has 2 unspecified atom stereocenters. The fourth-order valence-electron chi connectivity index (χ4n) is 1.57. The molecule has 11 heavy (non-hydrogen) atoms. The van der Waals surface area contributed by atoms with Crippen LogP contribution in [0.3, 0.4) is 0 Å². The minimum absolute atomic E-state index is 0.0145. The van der Waals surface area contributed by atoms with Crippen molar-refractivity contribution in [1.29, 1.82) is 0 Å². The molecular formula is C8H17NOS. The molecule has 0 aliphatic carbocycles. The smallest absolute Gasteiger partial charge is 0.0926 e. The molecule has 1 aliphatic heterocycles. The van der Waals surface area contributed by atoms with Crippen molar-refractivity contribution in [2.24, 2.45) is 5.73 Å². The Balaban J connectivity index is 2.57. The number of hydrogen-bond donors (Lipinski definition) is 1. The Labute approximate surface area is 72.9 Å². The van der Waals surface area contributed by atoms with E-state index in [0.717, 1.165) is 13.0 Å². The Kier molecular flexibility index (Phi) is 3.22. The van der Waals surface area contributed by atoms with E-state index in [1.165, 1.54) is 5.75 Å². The van der Waals surface area contributed by atoms with Crippen LogP contribution in [-0.4, -0.2) is 29.8 Å². The molecule has 2 N–H and O–H groups in total. The molecule has 0 amide bonds. The van der Waals surface area contributed by atoms with Crippen molar-refractivity contribution < 1.29 is 4.74 Å². The normalized spacial score (nSPS) is 37.9. The molecule has 1 fully saturated rings. The molecule has 0 bridgehead atoms. The van der Waals surface area contributed by atoms with Gasteiger partial charge in [-0.15, -0.1) is 0 Å². The van der Waals surface area contributed by atoms with E-state index in [9.17, 15) is 0 Å². The minimum Gasteiger partial charge on any atom is -0.373 e. The number of thioether (sulfide) groups is 1. The van der Waals surface area contributed by atoms with Gasteiger partial charge < -0.3 is 10.5 Å². The molecule has 0 aromatic heterocycles. The van der Waals surface area contributed by atoms with E-state index in [0.29, 0.717) is 11.8 Å². The lowest BCUT2D eigenvalue weighted by molar-refractivity contribution is -0.0274. The second-order valence-corrected chi connectivity index (χ2v) is 4.41. The quantitative estimate of drug-likeness (QED) is 0.701. The van der Waals surface area contributed by atoms with Gasteiger partial charge in [-0.25, -0.2) is 0 Å². The van der Waals surface area contributed by atoms with Crippen molar-refractivity contribution in [1.82, 2.24) is 0 Å². The molecule has 2 atom stereocenters. The summed E-state index contributed by atoms with van der Waals surface area (Å²) in [5.74, 6) is 1.19. The van der Waals surface area contributed by atoms with Gasteiger partial charge in [-0.1, -0.05) is 6.92 Å². The molecule has 66 valence electrons. The van der Waals surface area contributed by atoms with Gasteiger partial charge in [0, 0.05) is 18.4 Å². The molecule has 2 nitrogen and oxygen atoms in total. The first-order valence-corrected chi connectivity index (χ1v) is 5.25. The summed E-state index contributed by atoms with van der Waals surface area (Å²) in [6, 6.07) is 0. The molecule has 0 saturated carbocycles. The highest BCUT2D eigenvalue weighted by Crippen LogP contribution is 2.37. The summed E-state index contributed by atoms with van der Waals surface area (Å²) < 4.78 is 5.71. The average molecular weight is 175 g/mol. The van der Waals surface area contributed by atoms with Gasteiger partial charge in [-0.2, -0.15) is 11.8 Å². The van der Waals surface area contributed by atoms with Gasteiger partial charge in [0.05, 0.1) is 5.60 Å². The van der Waals surface area contributed by atoms with E-state index in [1.807, 2.05) is 18.7 Å². The van der Waals surface area contributed by atoms with Crippen LogP contribution in [0.25, 0.3) is 0 Å². The molecule has 1 saturated heterocycles. The first-order chi connectivity index (χ1) is 5.25. The van der Waals surface area contributed by atoms with Crippen molar-refractivity contribution in [3.8, 4) is 0 Å². The fourth-order valence-corrected chi connectivity index (χ4v) is 2.97. The average Bonchev–Trinajstić information content (AvgIpc) is 2.35. The monoisotopic (exact) mass is 175 g/mol. The van der Waals surface area contributed by atoms with Crippen LogP contribution < -0.4 is 5.73 Å². The lowest BCUT2D eigenvalue weighted by atomic mass is 9.97. The molecule has 1 rings (SSSR count). The van der Waals surface area contributed by atoms with E-state index in [-0.39, 0.29) is 5.60 Å². The van der Waals surface area contributed by atoms with Gasteiger partial charge in [-0.05, 0) is 19.1 Å². The molecule has 0 radical (unpaired) electrons. The van der Waals surface area contributed by atoms with Crippen LogP contribution in [0.2, 0.25) is 0 Å². The van der Waals surface area contributed by atoms with Gasteiger partial charge in [-0.3, -0.25) is 0 Å². The van der Waals surface area contributed by atoms with Gasteiger partial charge in [0.25, 0.3) is 0 Å². The van der Waals surface area contributed by atoms with E-state index in [4.69, 9.17) is 10.5 Å². The highest BCUT2D eigenvalue weighted by atomic mass is 32.2. The zero-order valence-electron chi connectivity index (χ0n) is 7.30. The third-order valence-electron chi connectivity index (χ3n) is 2.41. The van der Waals surface area contributed by atoms with Crippen LogP contribution >= 0.6 is 11.8 Å². The number of hydrogen-bond acceptors (Lipinski definition) is 3. The molecule has 0 aromatic carbocycles. The maximum atomic E-state index is 5.71. The summed E-state index contributed by atoms with van der Waals surface area (Å²) in [7, 11) is 0. The molecule has 1 aliphatic rings. The zero-order valence-corrected chi connectivity index (χ0v) is 8.12. The predicted molar refractivity (Wildman–Crippen MR) is 49.9 cm³/mol. The first kappa shape index (κ1) is 9.36. The third-order valence-corrected chi connectivity index (χ3v) is 3.78. The Morgan fingerprint density at radius 2 is 2.45 bits per heavy atom. The van der Waals surface area contributed by atoms with Crippen LogP contribution in [0.15, 0.2) is 0 Å².